The van der Waals surface area contributed by atoms with Crippen molar-refractivity contribution in [3.05, 3.63) is 23.8 Å². The minimum Gasteiger partial charge on any atom is -0.497 e. The van der Waals surface area contributed by atoms with E-state index >= 15 is 0 Å². The van der Waals surface area contributed by atoms with Crippen LogP contribution in [0.1, 0.15) is 31.2 Å². The Labute approximate surface area is 127 Å². The van der Waals surface area contributed by atoms with Crippen LogP contribution in [0.15, 0.2) is 18.2 Å². The number of hydrogen-bond donors (Lipinski definition) is 1. The topological polar surface area (TPSA) is 47.7 Å². The summed E-state index contributed by atoms with van der Waals surface area (Å²) >= 11 is 0. The average Bonchev–Trinajstić information content (AvgIpc) is 2.54. The second-order valence-electron chi connectivity index (χ2n) is 6.24. The first-order valence-electron chi connectivity index (χ1n) is 8.03. The minimum absolute atomic E-state index is 0.0403. The highest BCUT2D eigenvalue weighted by Gasteiger charge is 2.39. The van der Waals surface area contributed by atoms with Crippen LogP contribution < -0.4 is 15.2 Å². The van der Waals surface area contributed by atoms with Crippen LogP contribution in [0.5, 0.6) is 11.5 Å². The molecule has 4 nitrogen and oxygen atoms in total. The van der Waals surface area contributed by atoms with Crippen LogP contribution in [0.2, 0.25) is 0 Å². The van der Waals surface area contributed by atoms with Crippen molar-refractivity contribution in [1.82, 2.24) is 4.90 Å². The van der Waals surface area contributed by atoms with Gasteiger partial charge in [-0.2, -0.15) is 0 Å². The summed E-state index contributed by atoms with van der Waals surface area (Å²) in [5, 5.41) is 0. The van der Waals surface area contributed by atoms with E-state index in [4.69, 9.17) is 15.2 Å². The molecule has 1 spiro atoms. The number of nitrogens with zero attached hydrogens (tertiary/aromatic N) is 1. The summed E-state index contributed by atoms with van der Waals surface area (Å²) in [6, 6.07) is 6.20. The molecular formula is C17H26N2O2. The molecule has 2 N–H and O–H groups in total. The summed E-state index contributed by atoms with van der Waals surface area (Å²) in [5.74, 6) is 1.90. The van der Waals surface area contributed by atoms with E-state index < -0.39 is 0 Å². The molecule has 2 heterocycles. The zero-order chi connectivity index (χ0) is 14.7. The molecule has 2 aliphatic heterocycles. The van der Waals surface area contributed by atoms with Gasteiger partial charge >= 0.3 is 0 Å². The number of likely N-dealkylation sites (tertiary alicyclic amines) is 1. The van der Waals surface area contributed by atoms with Crippen molar-refractivity contribution in [2.45, 2.75) is 37.7 Å². The van der Waals surface area contributed by atoms with Gasteiger partial charge in [-0.1, -0.05) is 6.07 Å². The number of aryl methyl sites for hydroxylation is 1. The predicted molar refractivity (Wildman–Crippen MR) is 84.0 cm³/mol. The van der Waals surface area contributed by atoms with Gasteiger partial charge in [-0.25, -0.2) is 0 Å². The smallest absolute Gasteiger partial charge is 0.127 e. The van der Waals surface area contributed by atoms with E-state index in [1.54, 1.807) is 7.11 Å². The number of fused-ring (bicyclic) bond motifs is 1. The van der Waals surface area contributed by atoms with Crippen molar-refractivity contribution in [3.63, 3.8) is 0 Å². The molecule has 0 radical (unpaired) electrons. The molecule has 0 bridgehead atoms. The van der Waals surface area contributed by atoms with Crippen LogP contribution in [0, 0.1) is 0 Å². The molecule has 4 heteroatoms. The lowest BCUT2D eigenvalue weighted by molar-refractivity contribution is -0.0146. The van der Waals surface area contributed by atoms with Crippen molar-refractivity contribution in [2.75, 3.05) is 33.3 Å². The summed E-state index contributed by atoms with van der Waals surface area (Å²) in [6.45, 7) is 4.15. The number of hydrogen-bond acceptors (Lipinski definition) is 4. The molecule has 0 saturated carbocycles. The van der Waals surface area contributed by atoms with Gasteiger partial charge in [0.15, 0.2) is 0 Å². The van der Waals surface area contributed by atoms with Crippen LogP contribution in [0.25, 0.3) is 0 Å². The number of piperidine rings is 1. The monoisotopic (exact) mass is 290 g/mol. The zero-order valence-corrected chi connectivity index (χ0v) is 12.9. The Kier molecular flexibility index (Phi) is 4.36. The zero-order valence-electron chi connectivity index (χ0n) is 12.9. The maximum Gasteiger partial charge on any atom is 0.127 e. The van der Waals surface area contributed by atoms with Crippen LogP contribution in [0.3, 0.4) is 0 Å². The molecule has 0 aliphatic carbocycles. The van der Waals surface area contributed by atoms with Gasteiger partial charge in [0, 0.05) is 19.2 Å². The second-order valence-corrected chi connectivity index (χ2v) is 6.24. The van der Waals surface area contributed by atoms with Gasteiger partial charge in [-0.05, 0) is 56.8 Å². The highest BCUT2D eigenvalue weighted by atomic mass is 16.5. The Morgan fingerprint density at radius 1 is 1.29 bits per heavy atom. The molecule has 0 aromatic heterocycles. The number of methoxy groups -OCH3 is 1. The highest BCUT2D eigenvalue weighted by Crippen LogP contribution is 2.40. The van der Waals surface area contributed by atoms with Crippen LogP contribution >= 0.6 is 0 Å². The van der Waals surface area contributed by atoms with Crippen molar-refractivity contribution in [2.24, 2.45) is 5.73 Å². The summed E-state index contributed by atoms with van der Waals surface area (Å²) in [7, 11) is 1.70. The largest absolute Gasteiger partial charge is 0.497 e. The molecular weight excluding hydrogens is 264 g/mol. The Hall–Kier alpha value is -1.26. The van der Waals surface area contributed by atoms with Crippen molar-refractivity contribution < 1.29 is 9.47 Å². The maximum atomic E-state index is 6.42. The van der Waals surface area contributed by atoms with Gasteiger partial charge in [0.2, 0.25) is 0 Å². The third-order valence-corrected chi connectivity index (χ3v) is 4.90. The summed E-state index contributed by atoms with van der Waals surface area (Å²) in [4.78, 5) is 2.52. The van der Waals surface area contributed by atoms with Gasteiger partial charge < -0.3 is 20.1 Å². The van der Waals surface area contributed by atoms with E-state index in [1.807, 2.05) is 12.1 Å². The standard InChI is InChI=1S/C17H26N2O2/c1-20-15-4-3-14-5-6-17(21-16(14)13-15)7-11-19(12-8-17)10-2-9-18/h3-4,13H,2,5-12,18H2,1H3. The number of nitrogens with two attached hydrogens (primary N) is 1. The molecule has 1 aromatic carbocycles. The highest BCUT2D eigenvalue weighted by molar-refractivity contribution is 5.42. The van der Waals surface area contributed by atoms with Gasteiger partial charge in [-0.3, -0.25) is 0 Å². The van der Waals surface area contributed by atoms with E-state index in [0.717, 1.165) is 69.8 Å². The van der Waals surface area contributed by atoms with E-state index in [0.29, 0.717) is 0 Å². The van der Waals surface area contributed by atoms with E-state index in [-0.39, 0.29) is 5.60 Å². The fourth-order valence-electron chi connectivity index (χ4n) is 3.46. The van der Waals surface area contributed by atoms with Gasteiger partial charge in [-0.15, -0.1) is 0 Å². The van der Waals surface area contributed by atoms with Gasteiger partial charge in [0.1, 0.15) is 17.1 Å². The minimum atomic E-state index is 0.0403. The Morgan fingerprint density at radius 2 is 2.10 bits per heavy atom. The maximum absolute atomic E-state index is 6.42. The molecule has 0 atom stereocenters. The normalized spacial score (nSPS) is 20.9. The summed E-state index contributed by atoms with van der Waals surface area (Å²) in [5.41, 5.74) is 6.95. The van der Waals surface area contributed by atoms with E-state index in [1.165, 1.54) is 5.56 Å². The second kappa shape index (κ2) is 6.24. The van der Waals surface area contributed by atoms with Gasteiger partial charge in [0.25, 0.3) is 0 Å². The number of benzene rings is 1. The Balaban J connectivity index is 1.65. The predicted octanol–water partition coefficient (Wildman–Crippen LogP) is 2.20. The summed E-state index contributed by atoms with van der Waals surface area (Å²) < 4.78 is 11.7. The number of ether oxygens (including phenoxy) is 2. The number of rotatable bonds is 4. The summed E-state index contributed by atoms with van der Waals surface area (Å²) in [6.07, 6.45) is 5.58. The molecule has 0 amide bonds. The molecule has 2 aliphatic rings. The van der Waals surface area contributed by atoms with Gasteiger partial charge in [0.05, 0.1) is 7.11 Å². The molecule has 1 fully saturated rings. The van der Waals surface area contributed by atoms with Crippen LogP contribution in [0.4, 0.5) is 0 Å². The quantitative estimate of drug-likeness (QED) is 0.923. The Bertz CT molecular complexity index is 482. The molecule has 0 unspecified atom stereocenters. The first-order chi connectivity index (χ1) is 10.2. The molecule has 21 heavy (non-hydrogen) atoms. The lowest BCUT2D eigenvalue weighted by atomic mass is 9.83. The van der Waals surface area contributed by atoms with E-state index in [9.17, 15) is 0 Å². The molecule has 1 aromatic rings. The first-order valence-corrected chi connectivity index (χ1v) is 8.03. The molecule has 1 saturated heterocycles. The SMILES string of the molecule is COc1ccc2c(c1)OC1(CC2)CCN(CCCN)CC1. The average molecular weight is 290 g/mol. The lowest BCUT2D eigenvalue weighted by Crippen LogP contribution is -2.50. The lowest BCUT2D eigenvalue weighted by Gasteiger charge is -2.44. The Morgan fingerprint density at radius 3 is 2.81 bits per heavy atom. The first kappa shape index (κ1) is 14.7. The third-order valence-electron chi connectivity index (χ3n) is 4.90. The van der Waals surface area contributed by atoms with Crippen molar-refractivity contribution in [3.8, 4) is 11.5 Å². The van der Waals surface area contributed by atoms with E-state index in [2.05, 4.69) is 11.0 Å². The third kappa shape index (κ3) is 3.16. The van der Waals surface area contributed by atoms with Crippen molar-refractivity contribution in [1.29, 1.82) is 0 Å². The van der Waals surface area contributed by atoms with Crippen LogP contribution in [-0.2, 0) is 6.42 Å². The molecule has 3 rings (SSSR count). The van der Waals surface area contributed by atoms with Crippen LogP contribution in [-0.4, -0.2) is 43.8 Å². The fourth-order valence-corrected chi connectivity index (χ4v) is 3.46. The molecule has 116 valence electrons. The van der Waals surface area contributed by atoms with Crippen molar-refractivity contribution >= 4 is 0 Å². The fraction of sp³-hybridized carbons (Fsp3) is 0.647.